The van der Waals surface area contributed by atoms with Gasteiger partial charge in [-0.1, -0.05) is 5.21 Å². The van der Waals surface area contributed by atoms with Gasteiger partial charge in [0.15, 0.2) is 5.82 Å². The van der Waals surface area contributed by atoms with Crippen molar-refractivity contribution in [1.82, 2.24) is 20.3 Å². The smallest absolute Gasteiger partial charge is 0.410 e. The number of fused-ring (bicyclic) bond motifs is 1. The highest BCUT2D eigenvalue weighted by atomic mass is 32.1. The van der Waals surface area contributed by atoms with Crippen molar-refractivity contribution in [2.24, 2.45) is 11.8 Å². The number of aryl methyl sites for hydroxylation is 1. The van der Waals surface area contributed by atoms with E-state index in [2.05, 4.69) is 26.3 Å². The molecule has 1 unspecified atom stereocenters. The number of nitrogens with zero attached hydrogens (tertiary/aromatic N) is 3. The number of aromatic nitrogens is 3. The molecular weight excluding hydrogens is 420 g/mol. The number of hydrogen-bond acceptors (Lipinski definition) is 6. The highest BCUT2D eigenvalue weighted by Crippen LogP contribution is 2.42. The Hall–Kier alpha value is -2.95. The molecule has 0 aromatic carbocycles. The maximum Gasteiger partial charge on any atom is 0.410 e. The largest absolute Gasteiger partial charge is 0.465 e. The Kier molecular flexibility index (Phi) is 5.12. The normalized spacial score (nSPS) is 20.1. The van der Waals surface area contributed by atoms with E-state index >= 15 is 0 Å². The summed E-state index contributed by atoms with van der Waals surface area (Å²) in [6.07, 6.45) is 6.25. The molecule has 2 aromatic rings. The van der Waals surface area contributed by atoms with Gasteiger partial charge in [0.05, 0.1) is 17.8 Å². The zero-order valence-corrected chi connectivity index (χ0v) is 17.7. The third-order valence-electron chi connectivity index (χ3n) is 6.05. The van der Waals surface area contributed by atoms with Crippen LogP contribution in [0.4, 0.5) is 15.6 Å². The summed E-state index contributed by atoms with van der Waals surface area (Å²) in [6, 6.07) is -0.131. The van der Waals surface area contributed by atoms with E-state index in [1.165, 1.54) is 17.5 Å². The van der Waals surface area contributed by atoms with Gasteiger partial charge in [0.1, 0.15) is 5.00 Å². The predicted octanol–water partition coefficient (Wildman–Crippen LogP) is 2.65. The maximum absolute atomic E-state index is 13.1. The number of carbonyl (C=O) groups is 3. The van der Waals surface area contributed by atoms with E-state index in [9.17, 15) is 14.4 Å². The molecule has 0 aliphatic heterocycles. The minimum atomic E-state index is -1.18. The van der Waals surface area contributed by atoms with Crippen molar-refractivity contribution in [3.05, 3.63) is 22.2 Å². The van der Waals surface area contributed by atoms with E-state index in [0.29, 0.717) is 35.3 Å². The number of hydrogen-bond donors (Lipinski definition) is 4. The number of thiophene rings is 1. The Balaban J connectivity index is 1.43. The number of rotatable bonds is 7. The maximum atomic E-state index is 13.1. The Bertz CT molecular complexity index is 1040. The molecule has 0 bridgehead atoms. The third-order valence-corrected chi connectivity index (χ3v) is 7.26. The van der Waals surface area contributed by atoms with Crippen molar-refractivity contribution in [1.29, 1.82) is 0 Å². The molecule has 4 N–H and O–H groups in total. The lowest BCUT2D eigenvalue weighted by Crippen LogP contribution is -2.29. The number of nitrogens with one attached hydrogen (secondary N) is 3. The zero-order chi connectivity index (χ0) is 21.5. The quantitative estimate of drug-likeness (QED) is 0.518. The molecule has 1 atom stereocenters. The predicted molar refractivity (Wildman–Crippen MR) is 113 cm³/mol. The summed E-state index contributed by atoms with van der Waals surface area (Å²) in [5.41, 5.74) is 1.46. The molecule has 0 saturated heterocycles. The molecule has 164 valence electrons. The number of carbonyl (C=O) groups excluding carboxylic acids is 2. The van der Waals surface area contributed by atoms with Gasteiger partial charge in [-0.05, 0) is 56.4 Å². The van der Waals surface area contributed by atoms with Gasteiger partial charge in [-0.15, -0.1) is 16.4 Å². The van der Waals surface area contributed by atoms with Crippen LogP contribution in [0, 0.1) is 11.8 Å². The Morgan fingerprint density at radius 1 is 1.16 bits per heavy atom. The Morgan fingerprint density at radius 2 is 1.97 bits per heavy atom. The second-order valence-electron chi connectivity index (χ2n) is 8.52. The van der Waals surface area contributed by atoms with E-state index in [0.717, 1.165) is 49.0 Å². The summed E-state index contributed by atoms with van der Waals surface area (Å²) in [4.78, 5) is 37.7. The fourth-order valence-electron chi connectivity index (χ4n) is 4.02. The number of carboxylic acid groups (broad SMARTS) is 1. The summed E-state index contributed by atoms with van der Waals surface area (Å²) in [7, 11) is 0. The van der Waals surface area contributed by atoms with E-state index in [-0.39, 0.29) is 23.8 Å². The lowest BCUT2D eigenvalue weighted by atomic mass is 9.91. The van der Waals surface area contributed by atoms with Crippen molar-refractivity contribution in [2.75, 3.05) is 17.2 Å². The van der Waals surface area contributed by atoms with E-state index < -0.39 is 6.09 Å². The summed E-state index contributed by atoms with van der Waals surface area (Å²) in [6.45, 7) is 0.651. The fourth-order valence-corrected chi connectivity index (χ4v) is 5.27. The SMILES string of the molecule is O=C(O)Nc1cnnn1C1CCc2sc(NC(=O)C3CC3)c(C(=O)NCC3CC3)c2C1. The van der Waals surface area contributed by atoms with Crippen molar-refractivity contribution in [3.8, 4) is 0 Å². The topological polar surface area (TPSA) is 138 Å². The van der Waals surface area contributed by atoms with Crippen LogP contribution in [0.5, 0.6) is 0 Å². The fraction of sp³-hybridized carbons (Fsp3) is 0.550. The standard InChI is InChI=1S/C20H24N6O4S/c27-17(11-3-4-11)24-19-16(18(28)21-8-10-1-2-10)13-7-12(5-6-14(13)31-19)26-15(9-22-25-26)23-20(29)30/h9-12,23H,1-8H2,(H,21,28)(H,24,27)(H,29,30). The van der Waals surface area contributed by atoms with Gasteiger partial charge in [0.2, 0.25) is 5.91 Å². The highest BCUT2D eigenvalue weighted by molar-refractivity contribution is 7.17. The molecule has 0 spiro atoms. The van der Waals surface area contributed by atoms with Gasteiger partial charge in [-0.25, -0.2) is 9.48 Å². The average Bonchev–Trinajstić information content (AvgIpc) is 3.65. The van der Waals surface area contributed by atoms with Crippen LogP contribution in [0.3, 0.4) is 0 Å². The summed E-state index contributed by atoms with van der Waals surface area (Å²) in [5, 5.41) is 25.9. The van der Waals surface area contributed by atoms with Gasteiger partial charge < -0.3 is 15.7 Å². The molecule has 2 saturated carbocycles. The molecule has 0 radical (unpaired) electrons. The van der Waals surface area contributed by atoms with Gasteiger partial charge in [-0.2, -0.15) is 0 Å². The minimum Gasteiger partial charge on any atom is -0.465 e. The van der Waals surface area contributed by atoms with Crippen molar-refractivity contribution < 1.29 is 19.5 Å². The molecule has 3 amide bonds. The zero-order valence-electron chi connectivity index (χ0n) is 16.9. The first-order chi connectivity index (χ1) is 15.0. The molecule has 2 heterocycles. The molecule has 3 aliphatic rings. The van der Waals surface area contributed by atoms with E-state index in [1.807, 2.05) is 0 Å². The second-order valence-corrected chi connectivity index (χ2v) is 9.62. The van der Waals surface area contributed by atoms with Crippen LogP contribution in [-0.4, -0.2) is 44.6 Å². The van der Waals surface area contributed by atoms with Crippen LogP contribution >= 0.6 is 11.3 Å². The van der Waals surface area contributed by atoms with Gasteiger partial charge in [0, 0.05) is 17.3 Å². The molecule has 11 heteroatoms. The van der Waals surface area contributed by atoms with Crippen molar-refractivity contribution >= 4 is 40.1 Å². The van der Waals surface area contributed by atoms with Crippen LogP contribution < -0.4 is 16.0 Å². The van der Waals surface area contributed by atoms with Crippen LogP contribution in [0.15, 0.2) is 6.20 Å². The van der Waals surface area contributed by atoms with E-state index in [1.54, 1.807) is 4.68 Å². The average molecular weight is 445 g/mol. The molecule has 10 nitrogen and oxygen atoms in total. The number of amides is 3. The minimum absolute atomic E-state index is 0.0180. The van der Waals surface area contributed by atoms with Crippen LogP contribution in [0.25, 0.3) is 0 Å². The highest BCUT2D eigenvalue weighted by Gasteiger charge is 2.35. The Morgan fingerprint density at radius 3 is 2.68 bits per heavy atom. The lowest BCUT2D eigenvalue weighted by molar-refractivity contribution is -0.117. The second kappa shape index (κ2) is 7.95. The summed E-state index contributed by atoms with van der Waals surface area (Å²) < 4.78 is 1.57. The van der Waals surface area contributed by atoms with Crippen LogP contribution in [-0.2, 0) is 17.6 Å². The van der Waals surface area contributed by atoms with Crippen LogP contribution in [0.2, 0.25) is 0 Å². The molecule has 31 heavy (non-hydrogen) atoms. The first-order valence-corrected chi connectivity index (χ1v) is 11.4. The molecule has 3 aliphatic carbocycles. The van der Waals surface area contributed by atoms with Crippen molar-refractivity contribution in [2.45, 2.75) is 51.0 Å². The Labute approximate surface area is 182 Å². The first kappa shape index (κ1) is 20.0. The summed E-state index contributed by atoms with van der Waals surface area (Å²) in [5.74, 6) is 0.733. The van der Waals surface area contributed by atoms with Crippen molar-refractivity contribution in [3.63, 3.8) is 0 Å². The van der Waals surface area contributed by atoms with Crippen LogP contribution in [0.1, 0.15) is 58.9 Å². The third kappa shape index (κ3) is 4.27. The molecule has 2 aromatic heterocycles. The van der Waals surface area contributed by atoms with Gasteiger partial charge >= 0.3 is 6.09 Å². The first-order valence-electron chi connectivity index (χ1n) is 10.6. The van der Waals surface area contributed by atoms with E-state index in [4.69, 9.17) is 5.11 Å². The van der Waals surface area contributed by atoms with Gasteiger partial charge in [-0.3, -0.25) is 14.9 Å². The molecular formula is C20H24N6O4S. The monoisotopic (exact) mass is 444 g/mol. The number of anilines is 2. The lowest BCUT2D eigenvalue weighted by Gasteiger charge is -2.24. The molecule has 2 fully saturated rings. The molecule has 5 rings (SSSR count). The van der Waals surface area contributed by atoms with Gasteiger partial charge in [0.25, 0.3) is 5.91 Å². The summed E-state index contributed by atoms with van der Waals surface area (Å²) >= 11 is 1.48.